The van der Waals surface area contributed by atoms with Gasteiger partial charge in [0.1, 0.15) is 0 Å². The van der Waals surface area contributed by atoms with Crippen LogP contribution in [-0.2, 0) is 0 Å². The molecule has 82 valence electrons. The Hall–Kier alpha value is -0.340. The summed E-state index contributed by atoms with van der Waals surface area (Å²) in [5.74, 6) is 1.77. The maximum Gasteiger partial charge on any atom is 0.0670 e. The van der Waals surface area contributed by atoms with E-state index in [1.54, 1.807) is 0 Å². The fraction of sp³-hybridized carbons (Fsp3) is 0.500. The van der Waals surface area contributed by atoms with Crippen molar-refractivity contribution in [3.8, 4) is 0 Å². The van der Waals surface area contributed by atoms with Crippen LogP contribution in [0.3, 0.4) is 0 Å². The fourth-order valence-corrected chi connectivity index (χ4v) is 3.52. The van der Waals surface area contributed by atoms with Crippen LogP contribution in [-0.4, -0.2) is 11.8 Å². The van der Waals surface area contributed by atoms with E-state index in [-0.39, 0.29) is 0 Å². The summed E-state index contributed by atoms with van der Waals surface area (Å²) in [7, 11) is 0. The van der Waals surface area contributed by atoms with Gasteiger partial charge in [0.25, 0.3) is 0 Å². The van der Waals surface area contributed by atoms with Crippen molar-refractivity contribution >= 4 is 29.1 Å². The Morgan fingerprint density at radius 2 is 2.20 bits per heavy atom. The van der Waals surface area contributed by atoms with Crippen LogP contribution in [0.2, 0.25) is 5.02 Å². The smallest absolute Gasteiger partial charge is 0.0670 e. The Bertz CT molecular complexity index is 376. The third-order valence-electron chi connectivity index (χ3n) is 2.75. The molecule has 0 radical (unpaired) electrons. The van der Waals surface area contributed by atoms with E-state index < -0.39 is 0 Å². The molecule has 0 aromatic heterocycles. The molecule has 1 heterocycles. The molecule has 1 N–H and O–H groups in total. The van der Waals surface area contributed by atoms with Crippen LogP contribution in [0.25, 0.3) is 0 Å². The van der Waals surface area contributed by atoms with Gasteiger partial charge in [0.05, 0.1) is 10.7 Å². The highest BCUT2D eigenvalue weighted by Gasteiger charge is 2.22. The molecule has 0 amide bonds. The van der Waals surface area contributed by atoms with E-state index in [0.29, 0.717) is 12.0 Å². The largest absolute Gasteiger partial charge is 0.379 e. The number of hydrogen-bond donors (Lipinski definition) is 1. The van der Waals surface area contributed by atoms with Crippen LogP contribution in [0.5, 0.6) is 0 Å². The first-order valence-corrected chi connectivity index (χ1v) is 6.64. The zero-order valence-electron chi connectivity index (χ0n) is 9.30. The Kier molecular flexibility index (Phi) is 3.17. The van der Waals surface area contributed by atoms with E-state index in [1.807, 2.05) is 17.8 Å². The summed E-state index contributed by atoms with van der Waals surface area (Å²) in [5, 5.41) is 4.39. The van der Waals surface area contributed by atoms with E-state index >= 15 is 0 Å². The average Bonchev–Trinajstić information content (AvgIpc) is 2.16. The molecular weight excluding hydrogens is 226 g/mol. The number of halogens is 1. The van der Waals surface area contributed by atoms with Gasteiger partial charge in [-0.15, -0.1) is 11.8 Å². The van der Waals surface area contributed by atoms with Crippen LogP contribution >= 0.6 is 23.4 Å². The second-order valence-electron chi connectivity index (χ2n) is 4.43. The molecule has 15 heavy (non-hydrogen) atoms. The minimum Gasteiger partial charge on any atom is -0.379 e. The first kappa shape index (κ1) is 11.2. The zero-order chi connectivity index (χ0) is 11.0. The fourth-order valence-electron chi connectivity index (χ4n) is 1.73. The van der Waals surface area contributed by atoms with Crippen molar-refractivity contribution in [1.82, 2.24) is 0 Å². The van der Waals surface area contributed by atoms with Gasteiger partial charge in [0.2, 0.25) is 0 Å². The van der Waals surface area contributed by atoms with Gasteiger partial charge in [-0.05, 0) is 30.5 Å². The summed E-state index contributed by atoms with van der Waals surface area (Å²) in [6.45, 7) is 6.57. The predicted molar refractivity (Wildman–Crippen MR) is 69.2 cm³/mol. The minimum absolute atomic E-state index is 0.530. The molecule has 1 aliphatic heterocycles. The topological polar surface area (TPSA) is 12.0 Å². The molecule has 3 heteroatoms. The standard InChI is InChI=1S/C12H16ClNS/c1-7(2)10-6-15-11-5-8(3)4-9(13)12(11)14-10/h4-5,7,10,14H,6H2,1-3H3. The van der Waals surface area contributed by atoms with Crippen molar-refractivity contribution in [2.24, 2.45) is 5.92 Å². The highest BCUT2D eigenvalue weighted by atomic mass is 35.5. The molecule has 0 spiro atoms. The molecule has 0 fully saturated rings. The van der Waals surface area contributed by atoms with Crippen molar-refractivity contribution in [1.29, 1.82) is 0 Å². The van der Waals surface area contributed by atoms with Crippen LogP contribution in [0, 0.1) is 12.8 Å². The SMILES string of the molecule is Cc1cc(Cl)c2c(c1)SCC(C(C)C)N2. The lowest BCUT2D eigenvalue weighted by Crippen LogP contribution is -2.31. The second kappa shape index (κ2) is 4.26. The number of hydrogen-bond acceptors (Lipinski definition) is 2. The third kappa shape index (κ3) is 2.26. The molecule has 2 rings (SSSR count). The van der Waals surface area contributed by atoms with E-state index in [1.165, 1.54) is 10.5 Å². The van der Waals surface area contributed by atoms with Gasteiger partial charge in [-0.25, -0.2) is 0 Å². The van der Waals surface area contributed by atoms with E-state index in [9.17, 15) is 0 Å². The maximum absolute atomic E-state index is 6.24. The van der Waals surface area contributed by atoms with Crippen LogP contribution < -0.4 is 5.32 Å². The van der Waals surface area contributed by atoms with Gasteiger partial charge < -0.3 is 5.32 Å². The number of fused-ring (bicyclic) bond motifs is 1. The van der Waals surface area contributed by atoms with Crippen LogP contribution in [0.15, 0.2) is 17.0 Å². The first-order valence-electron chi connectivity index (χ1n) is 5.27. The van der Waals surface area contributed by atoms with Gasteiger partial charge in [0, 0.05) is 16.7 Å². The Balaban J connectivity index is 2.33. The monoisotopic (exact) mass is 241 g/mol. The quantitative estimate of drug-likeness (QED) is 0.791. The summed E-state index contributed by atoms with van der Waals surface area (Å²) in [6, 6.07) is 4.76. The van der Waals surface area contributed by atoms with Crippen molar-refractivity contribution in [3.05, 3.63) is 22.7 Å². The average molecular weight is 242 g/mol. The summed E-state index contributed by atoms with van der Waals surface area (Å²) in [4.78, 5) is 1.29. The molecule has 1 unspecified atom stereocenters. The first-order chi connectivity index (χ1) is 7.08. The lowest BCUT2D eigenvalue weighted by molar-refractivity contribution is 0.562. The van der Waals surface area contributed by atoms with Crippen molar-refractivity contribution in [2.75, 3.05) is 11.1 Å². The third-order valence-corrected chi connectivity index (χ3v) is 4.21. The number of aryl methyl sites for hydroxylation is 1. The van der Waals surface area contributed by atoms with Crippen molar-refractivity contribution in [3.63, 3.8) is 0 Å². The van der Waals surface area contributed by atoms with Crippen LogP contribution in [0.4, 0.5) is 5.69 Å². The molecule has 1 aromatic carbocycles. The van der Waals surface area contributed by atoms with E-state index in [4.69, 9.17) is 11.6 Å². The van der Waals surface area contributed by atoms with E-state index in [2.05, 4.69) is 32.2 Å². The number of nitrogens with one attached hydrogen (secondary N) is 1. The lowest BCUT2D eigenvalue weighted by atomic mass is 10.1. The van der Waals surface area contributed by atoms with Gasteiger partial charge in [-0.1, -0.05) is 25.4 Å². The van der Waals surface area contributed by atoms with Gasteiger partial charge >= 0.3 is 0 Å². The lowest BCUT2D eigenvalue weighted by Gasteiger charge is -2.30. The normalized spacial score (nSPS) is 19.9. The van der Waals surface area contributed by atoms with Gasteiger partial charge in [-0.3, -0.25) is 0 Å². The maximum atomic E-state index is 6.24. The summed E-state index contributed by atoms with van der Waals surface area (Å²) in [6.07, 6.45) is 0. The Labute approximate surface area is 101 Å². The predicted octanol–water partition coefficient (Wildman–Crippen LogP) is 4.19. The van der Waals surface area contributed by atoms with Crippen LogP contribution in [0.1, 0.15) is 19.4 Å². The highest BCUT2D eigenvalue weighted by molar-refractivity contribution is 7.99. The number of rotatable bonds is 1. The number of anilines is 1. The van der Waals surface area contributed by atoms with Crippen molar-refractivity contribution < 1.29 is 0 Å². The zero-order valence-corrected chi connectivity index (χ0v) is 10.9. The molecule has 1 nitrogen and oxygen atoms in total. The highest BCUT2D eigenvalue weighted by Crippen LogP contribution is 2.40. The molecule has 1 atom stereocenters. The number of thioether (sulfide) groups is 1. The molecule has 0 saturated heterocycles. The minimum atomic E-state index is 0.530. The summed E-state index contributed by atoms with van der Waals surface area (Å²) >= 11 is 8.15. The van der Waals surface area contributed by atoms with E-state index in [0.717, 1.165) is 16.5 Å². The molecule has 0 bridgehead atoms. The molecule has 1 aromatic rings. The molecule has 0 saturated carbocycles. The second-order valence-corrected chi connectivity index (χ2v) is 5.89. The molecule has 1 aliphatic rings. The van der Waals surface area contributed by atoms with Gasteiger partial charge in [-0.2, -0.15) is 0 Å². The van der Waals surface area contributed by atoms with Crippen molar-refractivity contribution in [2.45, 2.75) is 31.7 Å². The number of benzene rings is 1. The van der Waals surface area contributed by atoms with Gasteiger partial charge in [0.15, 0.2) is 0 Å². The summed E-state index contributed by atoms with van der Waals surface area (Å²) < 4.78 is 0. The summed E-state index contributed by atoms with van der Waals surface area (Å²) in [5.41, 5.74) is 2.35. The molecular formula is C12H16ClNS. The Morgan fingerprint density at radius 3 is 2.87 bits per heavy atom. The Morgan fingerprint density at radius 1 is 1.47 bits per heavy atom. The molecule has 0 aliphatic carbocycles.